The highest BCUT2D eigenvalue weighted by atomic mass is 16.4. The molecule has 0 radical (unpaired) electrons. The predicted octanol–water partition coefficient (Wildman–Crippen LogP) is 3.65. The van der Waals surface area contributed by atoms with Gasteiger partial charge in [0.1, 0.15) is 0 Å². The lowest BCUT2D eigenvalue weighted by Gasteiger charge is -2.24. The van der Waals surface area contributed by atoms with E-state index in [1.165, 1.54) is 18.5 Å². The molecule has 0 amide bonds. The minimum atomic E-state index is -0.685. The summed E-state index contributed by atoms with van der Waals surface area (Å²) >= 11 is 0. The number of hydrogen-bond acceptors (Lipinski definition) is 2. The molecule has 2 aliphatic carbocycles. The Balaban J connectivity index is 1.68. The zero-order chi connectivity index (χ0) is 15.2. The van der Waals surface area contributed by atoms with Crippen LogP contribution in [0, 0.1) is 0 Å². The highest BCUT2D eigenvalue weighted by Gasteiger charge is 2.42. The van der Waals surface area contributed by atoms with Gasteiger partial charge in [-0.2, -0.15) is 5.10 Å². The van der Waals surface area contributed by atoms with Crippen LogP contribution in [0.3, 0.4) is 0 Å². The smallest absolute Gasteiger partial charge is 0.314 e. The molecule has 4 rings (SSSR count). The Morgan fingerprint density at radius 1 is 1.14 bits per heavy atom. The van der Waals surface area contributed by atoms with E-state index < -0.39 is 11.4 Å². The monoisotopic (exact) mass is 296 g/mol. The number of benzene rings is 1. The van der Waals surface area contributed by atoms with Gasteiger partial charge in [0.05, 0.1) is 11.1 Å². The van der Waals surface area contributed by atoms with Gasteiger partial charge in [0.15, 0.2) is 0 Å². The molecule has 1 N–H and O–H groups in total. The summed E-state index contributed by atoms with van der Waals surface area (Å²) < 4.78 is 1.99. The fourth-order valence-electron chi connectivity index (χ4n) is 3.74. The van der Waals surface area contributed by atoms with E-state index in [4.69, 9.17) is 0 Å². The first-order valence-corrected chi connectivity index (χ1v) is 8.09. The quantitative estimate of drug-likeness (QED) is 0.937. The second kappa shape index (κ2) is 4.97. The molecule has 0 bridgehead atoms. The van der Waals surface area contributed by atoms with E-state index in [1.807, 2.05) is 35.1 Å². The molecule has 0 atom stereocenters. The molecule has 2 aromatic rings. The zero-order valence-corrected chi connectivity index (χ0v) is 12.5. The summed E-state index contributed by atoms with van der Waals surface area (Å²) in [6, 6.07) is 10.1. The van der Waals surface area contributed by atoms with Crippen LogP contribution in [0.15, 0.2) is 36.5 Å². The van der Waals surface area contributed by atoms with Gasteiger partial charge in [-0.1, -0.05) is 25.0 Å². The van der Waals surface area contributed by atoms with Crippen LogP contribution < -0.4 is 0 Å². The third-order valence-corrected chi connectivity index (χ3v) is 5.20. The van der Waals surface area contributed by atoms with Crippen molar-refractivity contribution in [2.45, 2.75) is 49.9 Å². The number of nitrogens with zero attached hydrogens (tertiary/aromatic N) is 2. The molecule has 2 fully saturated rings. The van der Waals surface area contributed by atoms with Crippen LogP contribution in [0.2, 0.25) is 0 Å². The number of aromatic nitrogens is 2. The summed E-state index contributed by atoms with van der Waals surface area (Å²) in [6.07, 6.45) is 7.82. The molecule has 1 aromatic heterocycles. The van der Waals surface area contributed by atoms with E-state index in [1.54, 1.807) is 0 Å². The van der Waals surface area contributed by atoms with Crippen LogP contribution in [-0.4, -0.2) is 20.9 Å². The molecule has 22 heavy (non-hydrogen) atoms. The minimum Gasteiger partial charge on any atom is -0.481 e. The first kappa shape index (κ1) is 13.6. The van der Waals surface area contributed by atoms with Crippen LogP contribution in [-0.2, 0) is 10.2 Å². The minimum absolute atomic E-state index is 0.641. The van der Waals surface area contributed by atoms with Gasteiger partial charge in [-0.25, -0.2) is 4.68 Å². The predicted molar refractivity (Wildman–Crippen MR) is 83.3 cm³/mol. The summed E-state index contributed by atoms with van der Waals surface area (Å²) in [6.45, 7) is 0. The van der Waals surface area contributed by atoms with Crippen molar-refractivity contribution in [3.8, 4) is 5.69 Å². The maximum atomic E-state index is 11.8. The van der Waals surface area contributed by atoms with Gasteiger partial charge >= 0.3 is 5.97 Å². The summed E-state index contributed by atoms with van der Waals surface area (Å²) in [5.41, 5.74) is 2.54. The third-order valence-electron chi connectivity index (χ3n) is 5.20. The van der Waals surface area contributed by atoms with Crippen LogP contribution in [0.1, 0.15) is 55.7 Å². The fourth-order valence-corrected chi connectivity index (χ4v) is 3.74. The molecule has 2 saturated carbocycles. The number of hydrogen-bond donors (Lipinski definition) is 1. The molecule has 4 nitrogen and oxygen atoms in total. The van der Waals surface area contributed by atoms with Crippen molar-refractivity contribution in [1.82, 2.24) is 9.78 Å². The van der Waals surface area contributed by atoms with Gasteiger partial charge in [-0.3, -0.25) is 4.79 Å². The number of carboxylic acids is 1. The van der Waals surface area contributed by atoms with E-state index in [9.17, 15) is 9.90 Å². The molecule has 1 heterocycles. The summed E-state index contributed by atoms with van der Waals surface area (Å²) in [5, 5.41) is 14.1. The molecule has 0 unspecified atom stereocenters. The molecular formula is C18H20N2O2. The SMILES string of the molecule is O=C(O)C1(c2ccc(-n3nccc3C3CC3)cc2)CCCC1. The molecule has 0 aliphatic heterocycles. The number of aliphatic carboxylic acids is 1. The molecule has 0 spiro atoms. The van der Waals surface area contributed by atoms with E-state index in [-0.39, 0.29) is 0 Å². The van der Waals surface area contributed by atoms with Crippen molar-refractivity contribution in [3.05, 3.63) is 47.8 Å². The van der Waals surface area contributed by atoms with Crippen molar-refractivity contribution in [3.63, 3.8) is 0 Å². The Hall–Kier alpha value is -2.10. The van der Waals surface area contributed by atoms with Gasteiger partial charge in [0.2, 0.25) is 0 Å². The lowest BCUT2D eigenvalue weighted by atomic mass is 9.79. The standard InChI is InChI=1S/C18H20N2O2/c21-17(22)18(10-1-2-11-18)14-5-7-15(8-6-14)20-16(9-12-19-20)13-3-4-13/h5-9,12-13H,1-4,10-11H2,(H,21,22). The number of carboxylic acid groups (broad SMARTS) is 1. The molecule has 4 heteroatoms. The first-order valence-electron chi connectivity index (χ1n) is 8.09. The highest BCUT2D eigenvalue weighted by Crippen LogP contribution is 2.42. The summed E-state index contributed by atoms with van der Waals surface area (Å²) in [5.74, 6) is -0.0436. The van der Waals surface area contributed by atoms with E-state index in [2.05, 4.69) is 11.2 Å². The van der Waals surface area contributed by atoms with Crippen LogP contribution in [0.5, 0.6) is 0 Å². The topological polar surface area (TPSA) is 55.1 Å². The first-order chi connectivity index (χ1) is 10.7. The van der Waals surface area contributed by atoms with E-state index in [0.717, 1.165) is 36.9 Å². The van der Waals surface area contributed by atoms with Crippen molar-refractivity contribution in [2.75, 3.05) is 0 Å². The van der Waals surface area contributed by atoms with Crippen molar-refractivity contribution < 1.29 is 9.90 Å². The van der Waals surface area contributed by atoms with Crippen molar-refractivity contribution in [1.29, 1.82) is 0 Å². The third kappa shape index (κ3) is 2.05. The van der Waals surface area contributed by atoms with Gasteiger partial charge in [0.25, 0.3) is 0 Å². The number of rotatable bonds is 4. The fraction of sp³-hybridized carbons (Fsp3) is 0.444. The Bertz CT molecular complexity index is 692. The van der Waals surface area contributed by atoms with Crippen molar-refractivity contribution >= 4 is 5.97 Å². The van der Waals surface area contributed by atoms with E-state index >= 15 is 0 Å². The maximum Gasteiger partial charge on any atom is 0.314 e. The maximum absolute atomic E-state index is 11.8. The lowest BCUT2D eigenvalue weighted by molar-refractivity contribution is -0.143. The van der Waals surface area contributed by atoms with Crippen LogP contribution in [0.4, 0.5) is 0 Å². The van der Waals surface area contributed by atoms with Gasteiger partial charge in [-0.15, -0.1) is 0 Å². The molecule has 0 saturated heterocycles. The van der Waals surface area contributed by atoms with Crippen LogP contribution in [0.25, 0.3) is 5.69 Å². The largest absolute Gasteiger partial charge is 0.481 e. The second-order valence-electron chi connectivity index (χ2n) is 6.58. The molecular weight excluding hydrogens is 276 g/mol. The van der Waals surface area contributed by atoms with Crippen molar-refractivity contribution in [2.24, 2.45) is 0 Å². The zero-order valence-electron chi connectivity index (χ0n) is 12.5. The molecule has 114 valence electrons. The molecule has 2 aliphatic rings. The Labute approximate surface area is 129 Å². The van der Waals surface area contributed by atoms with Gasteiger partial charge < -0.3 is 5.11 Å². The molecule has 1 aromatic carbocycles. The Kier molecular flexibility index (Phi) is 3.06. The van der Waals surface area contributed by atoms with Crippen LogP contribution >= 0.6 is 0 Å². The Morgan fingerprint density at radius 2 is 1.82 bits per heavy atom. The number of carbonyl (C=O) groups is 1. The average Bonchev–Trinajstić information content (AvgIpc) is 3.05. The lowest BCUT2D eigenvalue weighted by Crippen LogP contribution is -2.32. The van der Waals surface area contributed by atoms with Gasteiger partial charge in [0, 0.05) is 17.8 Å². The van der Waals surface area contributed by atoms with E-state index in [0.29, 0.717) is 5.92 Å². The Morgan fingerprint density at radius 3 is 2.41 bits per heavy atom. The normalized spacial score (nSPS) is 20.2. The highest BCUT2D eigenvalue weighted by molar-refractivity contribution is 5.81. The summed E-state index contributed by atoms with van der Waals surface area (Å²) in [4.78, 5) is 11.8. The second-order valence-corrected chi connectivity index (χ2v) is 6.58. The summed E-state index contributed by atoms with van der Waals surface area (Å²) in [7, 11) is 0. The van der Waals surface area contributed by atoms with Gasteiger partial charge in [-0.05, 0) is 49.4 Å². The average molecular weight is 296 g/mol.